The Hall–Kier alpha value is -2.99. The van der Waals surface area contributed by atoms with Crippen molar-refractivity contribution in [1.82, 2.24) is 5.32 Å². The maximum Gasteiger partial charge on any atom is 0.193 e. The third kappa shape index (κ3) is 3.43. The molecule has 2 heterocycles. The quantitative estimate of drug-likeness (QED) is 0.749. The molecular formula is C22H24N2O4. The summed E-state index contributed by atoms with van der Waals surface area (Å²) >= 11 is 0. The van der Waals surface area contributed by atoms with E-state index in [1.54, 1.807) is 26.4 Å². The van der Waals surface area contributed by atoms with Gasteiger partial charge in [0.15, 0.2) is 16.9 Å². The SMILES string of the molecule is COc1ccc(-c2cc(=O)c3cc(N4CCN[C@H](C)C4)ccc3o2)cc1OC. The van der Waals surface area contributed by atoms with Gasteiger partial charge in [-0.05, 0) is 43.3 Å². The van der Waals surface area contributed by atoms with Gasteiger partial charge < -0.3 is 24.1 Å². The van der Waals surface area contributed by atoms with Gasteiger partial charge in [-0.15, -0.1) is 0 Å². The minimum atomic E-state index is -0.0592. The normalized spacial score (nSPS) is 17.0. The van der Waals surface area contributed by atoms with Crippen molar-refractivity contribution in [2.75, 3.05) is 38.8 Å². The van der Waals surface area contributed by atoms with Crippen molar-refractivity contribution in [2.24, 2.45) is 0 Å². The summed E-state index contributed by atoms with van der Waals surface area (Å²) in [6, 6.07) is 13.2. The second kappa shape index (κ2) is 7.56. The van der Waals surface area contributed by atoms with Crippen molar-refractivity contribution in [1.29, 1.82) is 0 Å². The molecule has 0 aliphatic carbocycles. The molecule has 0 unspecified atom stereocenters. The van der Waals surface area contributed by atoms with Gasteiger partial charge in [-0.25, -0.2) is 0 Å². The number of ether oxygens (including phenoxy) is 2. The highest BCUT2D eigenvalue weighted by Gasteiger charge is 2.17. The first-order valence-electron chi connectivity index (χ1n) is 9.37. The number of fused-ring (bicyclic) bond motifs is 1. The Bertz CT molecular complexity index is 1060. The van der Waals surface area contributed by atoms with Gasteiger partial charge in [0.1, 0.15) is 11.3 Å². The Balaban J connectivity index is 1.73. The fraction of sp³-hybridized carbons (Fsp3) is 0.318. The Kier molecular flexibility index (Phi) is 4.96. The zero-order chi connectivity index (χ0) is 19.7. The second-order valence-corrected chi connectivity index (χ2v) is 7.03. The zero-order valence-electron chi connectivity index (χ0n) is 16.3. The molecule has 3 aromatic rings. The van der Waals surface area contributed by atoms with Crippen LogP contribution >= 0.6 is 0 Å². The van der Waals surface area contributed by atoms with E-state index in [0.717, 1.165) is 30.9 Å². The van der Waals surface area contributed by atoms with Gasteiger partial charge in [0, 0.05) is 43.0 Å². The molecule has 1 saturated heterocycles. The number of hydrogen-bond donors (Lipinski definition) is 1. The van der Waals surface area contributed by atoms with Crippen molar-refractivity contribution in [3.63, 3.8) is 0 Å². The van der Waals surface area contributed by atoms with Crippen LogP contribution in [0.3, 0.4) is 0 Å². The predicted molar refractivity (Wildman–Crippen MR) is 111 cm³/mol. The smallest absolute Gasteiger partial charge is 0.193 e. The topological polar surface area (TPSA) is 63.9 Å². The van der Waals surface area contributed by atoms with Crippen molar-refractivity contribution in [3.05, 3.63) is 52.7 Å². The molecule has 6 heteroatoms. The molecule has 0 radical (unpaired) electrons. The number of nitrogens with zero attached hydrogens (tertiary/aromatic N) is 1. The molecule has 1 aliphatic rings. The van der Waals surface area contributed by atoms with Crippen molar-refractivity contribution in [3.8, 4) is 22.8 Å². The number of rotatable bonds is 4. The molecule has 0 spiro atoms. The van der Waals surface area contributed by atoms with E-state index < -0.39 is 0 Å². The zero-order valence-corrected chi connectivity index (χ0v) is 16.3. The first kappa shape index (κ1) is 18.4. The van der Waals surface area contributed by atoms with Crippen LogP contribution in [0.25, 0.3) is 22.3 Å². The predicted octanol–water partition coefficient (Wildman–Crippen LogP) is 3.28. The average molecular weight is 380 g/mol. The summed E-state index contributed by atoms with van der Waals surface area (Å²) in [7, 11) is 3.17. The number of nitrogens with one attached hydrogen (secondary N) is 1. The number of methoxy groups -OCH3 is 2. The molecule has 1 atom stereocenters. The Morgan fingerprint density at radius 2 is 1.89 bits per heavy atom. The van der Waals surface area contributed by atoms with Gasteiger partial charge in [-0.3, -0.25) is 4.79 Å². The van der Waals surface area contributed by atoms with E-state index >= 15 is 0 Å². The number of benzene rings is 2. The standard InChI is InChI=1S/C22H24N2O4/c1-14-13-24(9-8-23-14)16-5-7-19-17(11-16)18(25)12-21(28-19)15-4-6-20(26-2)22(10-15)27-3/h4-7,10-12,14,23H,8-9,13H2,1-3H3/t14-/m1/s1. The van der Waals surface area contributed by atoms with Crippen LogP contribution in [0.4, 0.5) is 5.69 Å². The van der Waals surface area contributed by atoms with Gasteiger partial charge in [0.2, 0.25) is 0 Å². The minimum absolute atomic E-state index is 0.0592. The van der Waals surface area contributed by atoms with Gasteiger partial charge in [0.05, 0.1) is 19.6 Å². The molecule has 1 fully saturated rings. The fourth-order valence-electron chi connectivity index (χ4n) is 3.64. The molecule has 0 bridgehead atoms. The summed E-state index contributed by atoms with van der Waals surface area (Å²) in [5, 5.41) is 4.02. The van der Waals surface area contributed by atoms with E-state index in [9.17, 15) is 4.79 Å². The third-order valence-electron chi connectivity index (χ3n) is 5.11. The summed E-state index contributed by atoms with van der Waals surface area (Å²) in [5.74, 6) is 1.72. The van der Waals surface area contributed by atoms with Gasteiger partial charge in [-0.1, -0.05) is 0 Å². The fourth-order valence-corrected chi connectivity index (χ4v) is 3.64. The summed E-state index contributed by atoms with van der Waals surface area (Å²) in [4.78, 5) is 15.1. The van der Waals surface area contributed by atoms with E-state index in [-0.39, 0.29) is 5.43 Å². The number of anilines is 1. The highest BCUT2D eigenvalue weighted by atomic mass is 16.5. The Labute approximate surface area is 163 Å². The first-order valence-corrected chi connectivity index (χ1v) is 9.37. The van der Waals surface area contributed by atoms with Crippen LogP contribution < -0.4 is 25.1 Å². The highest BCUT2D eigenvalue weighted by Crippen LogP contribution is 2.33. The number of hydrogen-bond acceptors (Lipinski definition) is 6. The van der Waals surface area contributed by atoms with Crippen LogP contribution in [0.1, 0.15) is 6.92 Å². The van der Waals surface area contributed by atoms with Gasteiger partial charge in [0.25, 0.3) is 0 Å². The molecule has 1 aliphatic heterocycles. The van der Waals surface area contributed by atoms with E-state index in [1.807, 2.05) is 24.3 Å². The second-order valence-electron chi connectivity index (χ2n) is 7.03. The van der Waals surface area contributed by atoms with Gasteiger partial charge >= 0.3 is 0 Å². The minimum Gasteiger partial charge on any atom is -0.493 e. The first-order chi connectivity index (χ1) is 13.6. The van der Waals surface area contributed by atoms with Crippen LogP contribution in [0.5, 0.6) is 11.5 Å². The van der Waals surface area contributed by atoms with Crippen LogP contribution in [0, 0.1) is 0 Å². The molecule has 4 rings (SSSR count). The molecular weight excluding hydrogens is 356 g/mol. The summed E-state index contributed by atoms with van der Waals surface area (Å²) in [5.41, 5.74) is 2.32. The van der Waals surface area contributed by atoms with E-state index in [1.165, 1.54) is 6.07 Å². The third-order valence-corrected chi connectivity index (χ3v) is 5.11. The lowest BCUT2D eigenvalue weighted by Gasteiger charge is -2.33. The highest BCUT2D eigenvalue weighted by molar-refractivity contribution is 5.82. The Morgan fingerprint density at radius 1 is 1.07 bits per heavy atom. The molecule has 146 valence electrons. The summed E-state index contributed by atoms with van der Waals surface area (Å²) < 4.78 is 16.7. The molecule has 1 aromatic heterocycles. The lowest BCUT2D eigenvalue weighted by molar-refractivity contribution is 0.355. The number of piperazine rings is 1. The monoisotopic (exact) mass is 380 g/mol. The molecule has 28 heavy (non-hydrogen) atoms. The maximum atomic E-state index is 12.8. The van der Waals surface area contributed by atoms with E-state index in [2.05, 4.69) is 17.1 Å². The molecule has 0 amide bonds. The average Bonchev–Trinajstić information content (AvgIpc) is 2.73. The van der Waals surface area contributed by atoms with Crippen LogP contribution in [-0.2, 0) is 0 Å². The molecule has 2 aromatic carbocycles. The summed E-state index contributed by atoms with van der Waals surface area (Å²) in [6.07, 6.45) is 0. The van der Waals surface area contributed by atoms with Crippen molar-refractivity contribution < 1.29 is 13.9 Å². The molecule has 0 saturated carbocycles. The molecule has 1 N–H and O–H groups in total. The largest absolute Gasteiger partial charge is 0.493 e. The molecule has 6 nitrogen and oxygen atoms in total. The van der Waals surface area contributed by atoms with Crippen LogP contribution in [-0.4, -0.2) is 39.9 Å². The van der Waals surface area contributed by atoms with Crippen molar-refractivity contribution >= 4 is 16.7 Å². The maximum absolute atomic E-state index is 12.8. The van der Waals surface area contributed by atoms with Crippen molar-refractivity contribution in [2.45, 2.75) is 13.0 Å². The van der Waals surface area contributed by atoms with Gasteiger partial charge in [-0.2, -0.15) is 0 Å². The van der Waals surface area contributed by atoms with E-state index in [4.69, 9.17) is 13.9 Å². The van der Waals surface area contributed by atoms with E-state index in [0.29, 0.717) is 34.3 Å². The van der Waals surface area contributed by atoms with Crippen LogP contribution in [0.2, 0.25) is 0 Å². The summed E-state index contributed by atoms with van der Waals surface area (Å²) in [6.45, 7) is 4.94. The Morgan fingerprint density at radius 3 is 2.64 bits per heavy atom. The van der Waals surface area contributed by atoms with Crippen LogP contribution in [0.15, 0.2) is 51.7 Å². The lowest BCUT2D eigenvalue weighted by atomic mass is 10.1. The lowest BCUT2D eigenvalue weighted by Crippen LogP contribution is -2.49.